The molecule has 0 radical (unpaired) electrons. The van der Waals surface area contributed by atoms with Crippen LogP contribution in [0.25, 0.3) is 22.0 Å². The predicted molar refractivity (Wildman–Crippen MR) is 106 cm³/mol. The van der Waals surface area contributed by atoms with E-state index < -0.39 is 21.3 Å². The van der Waals surface area contributed by atoms with Crippen molar-refractivity contribution in [1.29, 1.82) is 0 Å². The molecule has 0 aliphatic heterocycles. The van der Waals surface area contributed by atoms with E-state index in [-0.39, 0.29) is 21.6 Å². The van der Waals surface area contributed by atoms with E-state index in [2.05, 4.69) is 19.7 Å². The SMILES string of the molecule is O=c1[nH]c(=O)c2cc(S(=O)(=O)Nc3ccc(-c4ccccc4)cn3)ccc2[nH]1. The number of hydrogen-bond acceptors (Lipinski definition) is 5. The monoisotopic (exact) mass is 394 g/mol. The van der Waals surface area contributed by atoms with Crippen molar-refractivity contribution >= 4 is 26.7 Å². The summed E-state index contributed by atoms with van der Waals surface area (Å²) in [6.45, 7) is 0. The van der Waals surface area contributed by atoms with Crippen molar-refractivity contribution < 1.29 is 8.42 Å². The lowest BCUT2D eigenvalue weighted by atomic mass is 10.1. The normalized spacial score (nSPS) is 11.4. The van der Waals surface area contributed by atoms with Gasteiger partial charge in [-0.3, -0.25) is 14.5 Å². The van der Waals surface area contributed by atoms with Gasteiger partial charge in [-0.15, -0.1) is 0 Å². The summed E-state index contributed by atoms with van der Waals surface area (Å²) in [7, 11) is -3.97. The van der Waals surface area contributed by atoms with E-state index in [1.165, 1.54) is 18.2 Å². The number of benzene rings is 2. The zero-order valence-electron chi connectivity index (χ0n) is 14.3. The van der Waals surface area contributed by atoms with E-state index in [9.17, 15) is 18.0 Å². The van der Waals surface area contributed by atoms with E-state index >= 15 is 0 Å². The van der Waals surface area contributed by atoms with Gasteiger partial charge in [0.05, 0.1) is 15.8 Å². The van der Waals surface area contributed by atoms with Crippen LogP contribution in [0, 0.1) is 0 Å². The maximum atomic E-state index is 12.6. The Hall–Kier alpha value is -3.72. The molecular formula is C19H14N4O4S. The highest BCUT2D eigenvalue weighted by Crippen LogP contribution is 2.21. The number of aromatic nitrogens is 3. The number of sulfonamides is 1. The first-order valence-corrected chi connectivity index (χ1v) is 9.71. The molecule has 0 bridgehead atoms. The molecule has 2 aromatic heterocycles. The van der Waals surface area contributed by atoms with Gasteiger partial charge in [-0.25, -0.2) is 18.2 Å². The van der Waals surface area contributed by atoms with Gasteiger partial charge in [-0.1, -0.05) is 30.3 Å². The molecule has 0 atom stereocenters. The molecule has 0 fully saturated rings. The van der Waals surface area contributed by atoms with E-state index in [4.69, 9.17) is 0 Å². The fourth-order valence-corrected chi connectivity index (χ4v) is 3.80. The van der Waals surface area contributed by atoms with Gasteiger partial charge in [0.2, 0.25) is 0 Å². The Morgan fingerprint density at radius 2 is 1.64 bits per heavy atom. The first kappa shape index (κ1) is 17.7. The molecule has 9 heteroatoms. The summed E-state index contributed by atoms with van der Waals surface area (Å²) in [5.41, 5.74) is 0.741. The van der Waals surface area contributed by atoms with Crippen LogP contribution in [0.5, 0.6) is 0 Å². The highest BCUT2D eigenvalue weighted by molar-refractivity contribution is 7.92. The van der Waals surface area contributed by atoms with E-state index in [0.717, 1.165) is 11.1 Å². The molecule has 0 saturated carbocycles. The first-order valence-electron chi connectivity index (χ1n) is 8.23. The van der Waals surface area contributed by atoms with Gasteiger partial charge >= 0.3 is 5.69 Å². The van der Waals surface area contributed by atoms with Crippen LogP contribution in [-0.4, -0.2) is 23.4 Å². The second-order valence-electron chi connectivity index (χ2n) is 6.02. The summed E-state index contributed by atoms with van der Waals surface area (Å²) in [4.78, 5) is 31.8. The smallest absolute Gasteiger partial charge is 0.307 e. The van der Waals surface area contributed by atoms with Crippen molar-refractivity contribution in [2.45, 2.75) is 4.90 Å². The van der Waals surface area contributed by atoms with Crippen molar-refractivity contribution in [2.24, 2.45) is 0 Å². The fourth-order valence-electron chi connectivity index (χ4n) is 2.76. The first-order chi connectivity index (χ1) is 13.4. The molecule has 4 aromatic rings. The minimum Gasteiger partial charge on any atom is -0.307 e. The van der Waals surface area contributed by atoms with Crippen LogP contribution in [0.1, 0.15) is 0 Å². The number of H-pyrrole nitrogens is 2. The lowest BCUT2D eigenvalue weighted by Gasteiger charge is -2.09. The number of pyridine rings is 1. The van der Waals surface area contributed by atoms with E-state index in [1.807, 2.05) is 30.3 Å². The summed E-state index contributed by atoms with van der Waals surface area (Å²) >= 11 is 0. The topological polar surface area (TPSA) is 125 Å². The van der Waals surface area contributed by atoms with Gasteiger partial charge < -0.3 is 4.98 Å². The summed E-state index contributed by atoms with van der Waals surface area (Å²) < 4.78 is 27.7. The molecule has 0 saturated heterocycles. The predicted octanol–water partition coefficient (Wildman–Crippen LogP) is 2.08. The molecule has 2 heterocycles. The zero-order valence-corrected chi connectivity index (χ0v) is 15.2. The Labute approximate surface area is 159 Å². The molecule has 0 amide bonds. The van der Waals surface area contributed by atoms with E-state index in [0.29, 0.717) is 0 Å². The largest absolute Gasteiger partial charge is 0.326 e. The number of anilines is 1. The van der Waals surface area contributed by atoms with Crippen molar-refractivity contribution in [1.82, 2.24) is 15.0 Å². The standard InChI is InChI=1S/C19H14N4O4S/c24-18-15-10-14(7-8-16(15)21-19(25)22-18)28(26,27)23-17-9-6-13(11-20-17)12-4-2-1-3-5-12/h1-11H,(H,20,23)(H2,21,22,24,25). The van der Waals surface area contributed by atoms with Crippen LogP contribution in [0.3, 0.4) is 0 Å². The average Bonchev–Trinajstić information content (AvgIpc) is 2.68. The van der Waals surface area contributed by atoms with Crippen LogP contribution < -0.4 is 16.0 Å². The summed E-state index contributed by atoms with van der Waals surface area (Å²) in [6, 6.07) is 16.8. The summed E-state index contributed by atoms with van der Waals surface area (Å²) in [5.74, 6) is 0.148. The Morgan fingerprint density at radius 1 is 0.857 bits per heavy atom. The van der Waals surface area contributed by atoms with Crippen LogP contribution in [0.2, 0.25) is 0 Å². The minimum absolute atomic E-state index is 0.0647. The molecule has 0 aliphatic rings. The summed E-state index contributed by atoms with van der Waals surface area (Å²) in [5, 5.41) is 0.0647. The van der Waals surface area contributed by atoms with Crippen LogP contribution in [-0.2, 0) is 10.0 Å². The van der Waals surface area contributed by atoms with Crippen LogP contribution in [0.15, 0.2) is 81.3 Å². The van der Waals surface area contributed by atoms with Gasteiger partial charge in [0.15, 0.2) is 0 Å². The Bertz CT molecular complexity index is 1380. The van der Waals surface area contributed by atoms with Gasteiger partial charge in [-0.05, 0) is 35.9 Å². The van der Waals surface area contributed by atoms with Crippen molar-refractivity contribution in [3.8, 4) is 11.1 Å². The molecule has 2 aromatic carbocycles. The number of nitrogens with zero attached hydrogens (tertiary/aromatic N) is 1. The highest BCUT2D eigenvalue weighted by atomic mass is 32.2. The molecule has 4 rings (SSSR count). The second-order valence-corrected chi connectivity index (χ2v) is 7.70. The van der Waals surface area contributed by atoms with Gasteiger partial charge in [0.1, 0.15) is 5.82 Å². The third kappa shape index (κ3) is 3.42. The Morgan fingerprint density at radius 3 is 2.36 bits per heavy atom. The van der Waals surface area contributed by atoms with Gasteiger partial charge in [0, 0.05) is 11.8 Å². The van der Waals surface area contributed by atoms with Gasteiger partial charge in [-0.2, -0.15) is 0 Å². The number of fused-ring (bicyclic) bond motifs is 1. The molecule has 3 N–H and O–H groups in total. The third-order valence-corrected chi connectivity index (χ3v) is 5.48. The lowest BCUT2D eigenvalue weighted by molar-refractivity contribution is 0.601. The van der Waals surface area contributed by atoms with Crippen molar-refractivity contribution in [2.75, 3.05) is 4.72 Å². The number of aromatic amines is 2. The molecule has 0 unspecified atom stereocenters. The number of hydrogen-bond donors (Lipinski definition) is 3. The Balaban J connectivity index is 1.65. The quantitative estimate of drug-likeness (QED) is 0.489. The minimum atomic E-state index is -3.97. The molecule has 0 spiro atoms. The average molecular weight is 394 g/mol. The van der Waals surface area contributed by atoms with Crippen LogP contribution in [0.4, 0.5) is 5.82 Å². The van der Waals surface area contributed by atoms with Crippen molar-refractivity contribution in [3.63, 3.8) is 0 Å². The number of rotatable bonds is 4. The highest BCUT2D eigenvalue weighted by Gasteiger charge is 2.16. The second kappa shape index (κ2) is 6.78. The maximum Gasteiger partial charge on any atom is 0.326 e. The van der Waals surface area contributed by atoms with Gasteiger partial charge in [0.25, 0.3) is 15.6 Å². The molecule has 28 heavy (non-hydrogen) atoms. The summed E-state index contributed by atoms with van der Waals surface area (Å²) in [6.07, 6.45) is 1.57. The third-order valence-electron chi connectivity index (χ3n) is 4.13. The molecule has 140 valence electrons. The van der Waals surface area contributed by atoms with Crippen LogP contribution >= 0.6 is 0 Å². The number of nitrogens with one attached hydrogen (secondary N) is 3. The molecule has 8 nitrogen and oxygen atoms in total. The van der Waals surface area contributed by atoms with Crippen molar-refractivity contribution in [3.05, 3.63) is 87.7 Å². The molecule has 0 aliphatic carbocycles. The maximum absolute atomic E-state index is 12.6. The lowest BCUT2D eigenvalue weighted by Crippen LogP contribution is -2.22. The zero-order chi connectivity index (χ0) is 19.7. The van der Waals surface area contributed by atoms with E-state index in [1.54, 1.807) is 18.3 Å². The molecular weight excluding hydrogens is 380 g/mol. The Kier molecular flexibility index (Phi) is 4.28. The fraction of sp³-hybridized carbons (Fsp3) is 0.